The molecule has 0 unspecified atom stereocenters. The molecule has 3 aromatic carbocycles. The van der Waals surface area contributed by atoms with E-state index in [1.54, 1.807) is 37.3 Å². The van der Waals surface area contributed by atoms with Crippen LogP contribution in [0.3, 0.4) is 0 Å². The van der Waals surface area contributed by atoms with E-state index in [-0.39, 0.29) is 50.6 Å². The fraction of sp³-hybridized carbons (Fsp3) is 0.107. The first-order chi connectivity index (χ1) is 19.3. The van der Waals surface area contributed by atoms with Crippen molar-refractivity contribution >= 4 is 27.8 Å². The molecule has 12 heteroatoms. The molecule has 0 aliphatic heterocycles. The van der Waals surface area contributed by atoms with Crippen LogP contribution in [0.1, 0.15) is 18.8 Å². The quantitative estimate of drug-likeness (QED) is 0.332. The van der Waals surface area contributed by atoms with Crippen LogP contribution in [0.15, 0.2) is 71.8 Å². The van der Waals surface area contributed by atoms with Crippen LogP contribution in [0.25, 0.3) is 38.9 Å². The number of nitrogen functional groups attached to an aromatic ring is 1. The Bertz CT molecular complexity index is 1990. The average molecular weight is 544 g/mol. The summed E-state index contributed by atoms with van der Waals surface area (Å²) in [6, 6.07) is 14.6. The highest BCUT2D eigenvalue weighted by molar-refractivity contribution is 5.98. The number of anilines is 1. The Balaban J connectivity index is 1.65. The standard InChI is InChI=1S/C28H20F3N7O2/c1-14(26-35-18-10-6-9-17(29)20(18)28(39)37(26)15-7-4-3-5-8-15)38-27-21(25(32)33-13-34-27)24(36-38)16-11-12-19(40-2)23(31)22(16)30/h3-14H,1-2H3,(H2,32,33,34)/t14-/m1/s1. The minimum Gasteiger partial charge on any atom is -0.494 e. The van der Waals surface area contributed by atoms with Crippen molar-refractivity contribution in [3.05, 3.63) is 101 Å². The van der Waals surface area contributed by atoms with Gasteiger partial charge in [-0.2, -0.15) is 9.49 Å². The Labute approximate surface area is 224 Å². The number of benzene rings is 3. The van der Waals surface area contributed by atoms with Crippen molar-refractivity contribution in [3.63, 3.8) is 0 Å². The molecule has 40 heavy (non-hydrogen) atoms. The second-order valence-electron chi connectivity index (χ2n) is 8.95. The minimum atomic E-state index is -1.19. The van der Waals surface area contributed by atoms with Gasteiger partial charge in [0.1, 0.15) is 40.9 Å². The van der Waals surface area contributed by atoms with Gasteiger partial charge in [-0.05, 0) is 43.3 Å². The zero-order chi connectivity index (χ0) is 28.1. The normalized spacial score (nSPS) is 12.2. The van der Waals surface area contributed by atoms with E-state index in [0.29, 0.717) is 5.69 Å². The van der Waals surface area contributed by atoms with E-state index < -0.39 is 29.1 Å². The summed E-state index contributed by atoms with van der Waals surface area (Å²) in [6.07, 6.45) is 1.21. The Morgan fingerprint density at radius 3 is 2.45 bits per heavy atom. The molecule has 2 N–H and O–H groups in total. The van der Waals surface area contributed by atoms with E-state index in [1.165, 1.54) is 53.0 Å². The number of fused-ring (bicyclic) bond motifs is 2. The summed E-state index contributed by atoms with van der Waals surface area (Å²) in [4.78, 5) is 26.7. The summed E-state index contributed by atoms with van der Waals surface area (Å²) in [5, 5.41) is 4.58. The van der Waals surface area contributed by atoms with Gasteiger partial charge in [0.25, 0.3) is 5.56 Å². The van der Waals surface area contributed by atoms with Crippen molar-refractivity contribution in [1.29, 1.82) is 0 Å². The van der Waals surface area contributed by atoms with Crippen LogP contribution in [-0.4, -0.2) is 36.4 Å². The second kappa shape index (κ2) is 9.49. The van der Waals surface area contributed by atoms with Crippen molar-refractivity contribution < 1.29 is 17.9 Å². The lowest BCUT2D eigenvalue weighted by molar-refractivity contribution is 0.372. The summed E-state index contributed by atoms with van der Waals surface area (Å²) >= 11 is 0. The van der Waals surface area contributed by atoms with Gasteiger partial charge in [0.2, 0.25) is 5.82 Å². The molecule has 200 valence electrons. The molecule has 3 heterocycles. The summed E-state index contributed by atoms with van der Waals surface area (Å²) in [6.45, 7) is 1.70. The van der Waals surface area contributed by atoms with Crippen molar-refractivity contribution in [2.75, 3.05) is 12.8 Å². The highest BCUT2D eigenvalue weighted by Crippen LogP contribution is 2.36. The number of nitrogens with zero attached hydrogens (tertiary/aromatic N) is 6. The number of hydrogen-bond acceptors (Lipinski definition) is 7. The Morgan fingerprint density at radius 2 is 1.70 bits per heavy atom. The molecule has 9 nitrogen and oxygen atoms in total. The monoisotopic (exact) mass is 543 g/mol. The smallest absolute Gasteiger partial charge is 0.269 e. The largest absolute Gasteiger partial charge is 0.494 e. The predicted molar refractivity (Wildman–Crippen MR) is 143 cm³/mol. The van der Waals surface area contributed by atoms with Gasteiger partial charge in [-0.25, -0.2) is 28.4 Å². The molecule has 0 spiro atoms. The summed E-state index contributed by atoms with van der Waals surface area (Å²) < 4.78 is 52.2. The minimum absolute atomic E-state index is 0.0110. The first-order valence-corrected chi connectivity index (χ1v) is 12.1. The Hall–Kier alpha value is -5.26. The third kappa shape index (κ3) is 3.75. The molecule has 0 bridgehead atoms. The summed E-state index contributed by atoms with van der Waals surface area (Å²) in [5.41, 5.74) is 6.13. The highest BCUT2D eigenvalue weighted by atomic mass is 19.2. The Morgan fingerprint density at radius 1 is 0.925 bits per heavy atom. The number of ether oxygens (including phenoxy) is 1. The number of methoxy groups -OCH3 is 1. The van der Waals surface area contributed by atoms with Crippen LogP contribution < -0.4 is 16.0 Å². The maximum atomic E-state index is 15.2. The van der Waals surface area contributed by atoms with E-state index in [4.69, 9.17) is 10.5 Å². The number of halogens is 3. The van der Waals surface area contributed by atoms with Crippen molar-refractivity contribution in [2.24, 2.45) is 0 Å². The molecule has 0 amide bonds. The van der Waals surface area contributed by atoms with E-state index in [0.717, 1.165) is 0 Å². The second-order valence-corrected chi connectivity index (χ2v) is 8.95. The van der Waals surface area contributed by atoms with Gasteiger partial charge in [0.05, 0.1) is 23.7 Å². The predicted octanol–water partition coefficient (Wildman–Crippen LogP) is 4.81. The zero-order valence-electron chi connectivity index (χ0n) is 21.1. The van der Waals surface area contributed by atoms with E-state index >= 15 is 4.39 Å². The SMILES string of the molecule is COc1ccc(-c2nn([C@H](C)c3nc4cccc(F)c4c(=O)n3-c3ccccc3)c3ncnc(N)c23)c(F)c1F. The average Bonchev–Trinajstić information content (AvgIpc) is 3.35. The third-order valence-electron chi connectivity index (χ3n) is 6.67. The Kier molecular flexibility index (Phi) is 5.94. The van der Waals surface area contributed by atoms with E-state index in [2.05, 4.69) is 20.1 Å². The van der Waals surface area contributed by atoms with Gasteiger partial charge in [0.15, 0.2) is 17.2 Å². The fourth-order valence-corrected chi connectivity index (χ4v) is 4.75. The highest BCUT2D eigenvalue weighted by Gasteiger charge is 2.28. The first kappa shape index (κ1) is 25.0. The van der Waals surface area contributed by atoms with Gasteiger partial charge >= 0.3 is 0 Å². The van der Waals surface area contributed by atoms with Crippen LogP contribution in [0.2, 0.25) is 0 Å². The van der Waals surface area contributed by atoms with Crippen molar-refractivity contribution in [1.82, 2.24) is 29.3 Å². The number of rotatable bonds is 5. The molecule has 6 aromatic rings. The van der Waals surface area contributed by atoms with Crippen molar-refractivity contribution in [3.8, 4) is 22.7 Å². The molecule has 6 rings (SSSR count). The van der Waals surface area contributed by atoms with Crippen molar-refractivity contribution in [2.45, 2.75) is 13.0 Å². The molecule has 0 fully saturated rings. The van der Waals surface area contributed by atoms with Crippen LogP contribution in [0.5, 0.6) is 5.75 Å². The van der Waals surface area contributed by atoms with Gasteiger partial charge in [-0.1, -0.05) is 24.3 Å². The maximum Gasteiger partial charge on any atom is 0.269 e. The van der Waals surface area contributed by atoms with Crippen LogP contribution in [0, 0.1) is 17.5 Å². The first-order valence-electron chi connectivity index (χ1n) is 12.1. The van der Waals surface area contributed by atoms with Gasteiger partial charge < -0.3 is 10.5 Å². The maximum absolute atomic E-state index is 15.2. The molecule has 0 radical (unpaired) electrons. The molecule has 0 aliphatic carbocycles. The third-order valence-corrected chi connectivity index (χ3v) is 6.67. The topological polar surface area (TPSA) is 114 Å². The number of hydrogen-bond donors (Lipinski definition) is 1. The molecular formula is C28H20F3N7O2. The molecule has 0 saturated carbocycles. The number of aromatic nitrogens is 6. The molecule has 3 aromatic heterocycles. The van der Waals surface area contributed by atoms with Gasteiger partial charge in [0, 0.05) is 5.56 Å². The number of nitrogens with two attached hydrogens (primary N) is 1. The van der Waals surface area contributed by atoms with E-state index in [1.807, 2.05) is 0 Å². The lowest BCUT2D eigenvalue weighted by Crippen LogP contribution is -2.28. The lowest BCUT2D eigenvalue weighted by Gasteiger charge is -2.19. The number of para-hydroxylation sites is 1. The van der Waals surface area contributed by atoms with E-state index in [9.17, 15) is 13.6 Å². The molecule has 1 atom stereocenters. The lowest BCUT2D eigenvalue weighted by atomic mass is 10.1. The summed E-state index contributed by atoms with van der Waals surface area (Å²) in [7, 11) is 1.23. The zero-order valence-corrected chi connectivity index (χ0v) is 21.1. The molecule has 0 aliphatic rings. The van der Waals surface area contributed by atoms with Crippen LogP contribution in [0.4, 0.5) is 19.0 Å². The fourth-order valence-electron chi connectivity index (χ4n) is 4.75. The van der Waals surface area contributed by atoms with Crippen LogP contribution >= 0.6 is 0 Å². The molecular weight excluding hydrogens is 523 g/mol. The summed E-state index contributed by atoms with van der Waals surface area (Å²) in [5.74, 6) is -3.18. The molecule has 0 saturated heterocycles. The van der Waals surface area contributed by atoms with Gasteiger partial charge in [-0.3, -0.25) is 9.36 Å². The van der Waals surface area contributed by atoms with Crippen LogP contribution in [-0.2, 0) is 0 Å². The van der Waals surface area contributed by atoms with Gasteiger partial charge in [-0.15, -0.1) is 0 Å².